The molecule has 72 valence electrons. The number of nitrogens with zero attached hydrogens (tertiary/aromatic N) is 2. The van der Waals surface area contributed by atoms with Gasteiger partial charge in [-0.2, -0.15) is 4.68 Å². The van der Waals surface area contributed by atoms with Crippen LogP contribution in [-0.4, -0.2) is 21.7 Å². The molecule has 1 heterocycles. The largest absolute Gasteiger partial charge is 0.479 e. The number of hydrogen-bond donors (Lipinski definition) is 0. The third kappa shape index (κ3) is 1.29. The van der Waals surface area contributed by atoms with E-state index in [1.807, 2.05) is 24.3 Å². The Morgan fingerprint density at radius 1 is 1.50 bits per heavy atom. The van der Waals surface area contributed by atoms with E-state index in [9.17, 15) is 4.79 Å². The van der Waals surface area contributed by atoms with Gasteiger partial charge in [0.15, 0.2) is 0 Å². The fraction of sp³-hybridized carbons (Fsp3) is 0.111. The number of ether oxygens (including phenoxy) is 1. The van der Waals surface area contributed by atoms with E-state index in [-0.39, 0.29) is 4.82 Å². The standard InChI is InChI=1S/C9H7BrN2O2/c1-14-8-6-4-2-3-5-7(6)12(11-8)9(10)13/h2-5H,1H3. The number of para-hydroxylation sites is 1. The zero-order valence-electron chi connectivity index (χ0n) is 7.40. The summed E-state index contributed by atoms with van der Waals surface area (Å²) >= 11 is 2.85. The Kier molecular flexibility index (Phi) is 2.25. The van der Waals surface area contributed by atoms with Gasteiger partial charge in [0.1, 0.15) is 0 Å². The van der Waals surface area contributed by atoms with Gasteiger partial charge in [-0.15, -0.1) is 5.10 Å². The Morgan fingerprint density at radius 2 is 2.21 bits per heavy atom. The molecule has 5 heteroatoms. The second-order valence-electron chi connectivity index (χ2n) is 2.69. The molecular weight excluding hydrogens is 248 g/mol. The Balaban J connectivity index is 2.80. The molecular formula is C9H7BrN2O2. The molecule has 14 heavy (non-hydrogen) atoms. The van der Waals surface area contributed by atoms with Crippen molar-refractivity contribution in [3.63, 3.8) is 0 Å². The summed E-state index contributed by atoms with van der Waals surface area (Å²) in [6.07, 6.45) is 0. The summed E-state index contributed by atoms with van der Waals surface area (Å²) in [6, 6.07) is 7.38. The maximum atomic E-state index is 11.2. The molecule has 0 amide bonds. The fourth-order valence-electron chi connectivity index (χ4n) is 1.32. The van der Waals surface area contributed by atoms with E-state index >= 15 is 0 Å². The number of methoxy groups -OCH3 is 1. The molecule has 0 fully saturated rings. The van der Waals surface area contributed by atoms with Gasteiger partial charge in [-0.05, 0) is 12.1 Å². The second kappa shape index (κ2) is 3.42. The minimum atomic E-state index is -0.308. The molecule has 2 rings (SSSR count). The molecule has 0 aliphatic rings. The van der Waals surface area contributed by atoms with E-state index in [0.717, 1.165) is 10.9 Å². The molecule has 1 aromatic carbocycles. The summed E-state index contributed by atoms with van der Waals surface area (Å²) in [4.78, 5) is 10.8. The lowest BCUT2D eigenvalue weighted by Gasteiger charge is -1.92. The number of benzene rings is 1. The third-order valence-electron chi connectivity index (χ3n) is 1.91. The summed E-state index contributed by atoms with van der Waals surface area (Å²) in [5.41, 5.74) is 0.728. The highest BCUT2D eigenvalue weighted by Crippen LogP contribution is 2.24. The van der Waals surface area contributed by atoms with Gasteiger partial charge in [0.2, 0.25) is 5.88 Å². The maximum absolute atomic E-state index is 11.2. The van der Waals surface area contributed by atoms with Crippen molar-refractivity contribution in [2.24, 2.45) is 0 Å². The van der Waals surface area contributed by atoms with Gasteiger partial charge in [0, 0.05) is 15.9 Å². The normalized spacial score (nSPS) is 10.4. The van der Waals surface area contributed by atoms with Crippen molar-refractivity contribution in [2.45, 2.75) is 0 Å². The monoisotopic (exact) mass is 254 g/mol. The molecule has 0 saturated carbocycles. The zero-order valence-corrected chi connectivity index (χ0v) is 8.98. The number of fused-ring (bicyclic) bond motifs is 1. The maximum Gasteiger partial charge on any atom is 0.314 e. The first-order chi connectivity index (χ1) is 6.74. The molecule has 0 aliphatic carbocycles. The minimum absolute atomic E-state index is 0.308. The van der Waals surface area contributed by atoms with Gasteiger partial charge in [0.25, 0.3) is 0 Å². The smallest absolute Gasteiger partial charge is 0.314 e. The second-order valence-corrected chi connectivity index (χ2v) is 3.37. The Hall–Kier alpha value is -1.36. The van der Waals surface area contributed by atoms with Crippen LogP contribution in [0, 0.1) is 0 Å². The van der Waals surface area contributed by atoms with Crippen LogP contribution in [0.25, 0.3) is 10.9 Å². The topological polar surface area (TPSA) is 44.1 Å². The van der Waals surface area contributed by atoms with Crippen LogP contribution in [0.5, 0.6) is 5.88 Å². The van der Waals surface area contributed by atoms with Crippen LogP contribution in [0.3, 0.4) is 0 Å². The molecule has 1 aromatic heterocycles. The number of halogens is 1. The quantitative estimate of drug-likeness (QED) is 0.735. The van der Waals surface area contributed by atoms with Crippen molar-refractivity contribution in [3.05, 3.63) is 24.3 Å². The molecule has 0 unspecified atom stereocenters. The highest BCUT2D eigenvalue weighted by Gasteiger charge is 2.12. The van der Waals surface area contributed by atoms with E-state index in [0.29, 0.717) is 5.88 Å². The molecule has 4 nitrogen and oxygen atoms in total. The van der Waals surface area contributed by atoms with Crippen LogP contribution in [0.1, 0.15) is 0 Å². The fourth-order valence-corrected chi connectivity index (χ4v) is 1.59. The number of rotatable bonds is 1. The zero-order chi connectivity index (χ0) is 10.1. The highest BCUT2D eigenvalue weighted by atomic mass is 79.9. The molecule has 2 aromatic rings. The molecule has 0 bridgehead atoms. The summed E-state index contributed by atoms with van der Waals surface area (Å²) in [7, 11) is 1.53. The number of aromatic nitrogens is 2. The molecule has 0 aliphatic heterocycles. The lowest BCUT2D eigenvalue weighted by Crippen LogP contribution is -2.02. The van der Waals surface area contributed by atoms with Gasteiger partial charge >= 0.3 is 4.82 Å². The van der Waals surface area contributed by atoms with Crippen LogP contribution in [0.2, 0.25) is 0 Å². The van der Waals surface area contributed by atoms with E-state index < -0.39 is 0 Å². The number of carbonyl (C=O) groups is 1. The minimum Gasteiger partial charge on any atom is -0.479 e. The van der Waals surface area contributed by atoms with Crippen molar-refractivity contribution in [3.8, 4) is 5.88 Å². The first-order valence-corrected chi connectivity index (χ1v) is 4.75. The van der Waals surface area contributed by atoms with Gasteiger partial charge in [-0.25, -0.2) is 0 Å². The van der Waals surface area contributed by atoms with E-state index in [2.05, 4.69) is 21.0 Å². The lowest BCUT2D eigenvalue weighted by atomic mass is 10.2. The van der Waals surface area contributed by atoms with E-state index in [1.165, 1.54) is 11.8 Å². The van der Waals surface area contributed by atoms with Crippen LogP contribution >= 0.6 is 15.9 Å². The van der Waals surface area contributed by atoms with Crippen molar-refractivity contribution < 1.29 is 9.53 Å². The molecule has 0 atom stereocenters. The summed E-state index contributed by atoms with van der Waals surface area (Å²) in [6.45, 7) is 0. The summed E-state index contributed by atoms with van der Waals surface area (Å²) < 4.78 is 6.31. The molecule has 0 spiro atoms. The predicted octanol–water partition coefficient (Wildman–Crippen LogP) is 2.41. The Morgan fingerprint density at radius 3 is 2.86 bits per heavy atom. The first-order valence-electron chi connectivity index (χ1n) is 3.95. The Bertz CT molecular complexity index is 493. The van der Waals surface area contributed by atoms with Crippen LogP contribution in [-0.2, 0) is 0 Å². The van der Waals surface area contributed by atoms with E-state index in [4.69, 9.17) is 4.74 Å². The van der Waals surface area contributed by atoms with Crippen molar-refractivity contribution in [2.75, 3.05) is 7.11 Å². The number of hydrogen-bond acceptors (Lipinski definition) is 3. The third-order valence-corrected chi connectivity index (χ3v) is 2.25. The lowest BCUT2D eigenvalue weighted by molar-refractivity contribution is 0.260. The van der Waals surface area contributed by atoms with E-state index in [1.54, 1.807) is 0 Å². The summed E-state index contributed by atoms with van der Waals surface area (Å²) in [5, 5.41) is 4.83. The van der Waals surface area contributed by atoms with Gasteiger partial charge in [0.05, 0.1) is 18.0 Å². The average Bonchev–Trinajstić information content (AvgIpc) is 2.56. The van der Waals surface area contributed by atoms with Crippen molar-refractivity contribution in [1.29, 1.82) is 0 Å². The Labute approximate surface area is 88.6 Å². The molecule has 0 saturated heterocycles. The highest BCUT2D eigenvalue weighted by molar-refractivity contribution is 9.18. The predicted molar refractivity (Wildman–Crippen MR) is 56.0 cm³/mol. The van der Waals surface area contributed by atoms with Crippen LogP contribution in [0.4, 0.5) is 4.79 Å². The van der Waals surface area contributed by atoms with Crippen LogP contribution in [0.15, 0.2) is 24.3 Å². The molecule has 0 radical (unpaired) electrons. The average molecular weight is 255 g/mol. The molecule has 0 N–H and O–H groups in total. The SMILES string of the molecule is COc1nn(C(=O)Br)c2ccccc12. The van der Waals surface area contributed by atoms with Gasteiger partial charge < -0.3 is 4.74 Å². The first kappa shape index (κ1) is 9.21. The van der Waals surface area contributed by atoms with Gasteiger partial charge in [-0.3, -0.25) is 4.79 Å². The van der Waals surface area contributed by atoms with Crippen molar-refractivity contribution in [1.82, 2.24) is 9.78 Å². The van der Waals surface area contributed by atoms with Crippen molar-refractivity contribution >= 4 is 31.6 Å². The van der Waals surface area contributed by atoms with Crippen LogP contribution < -0.4 is 4.74 Å². The number of carbonyl (C=O) groups excluding carboxylic acids is 1. The van der Waals surface area contributed by atoms with Gasteiger partial charge in [-0.1, -0.05) is 12.1 Å². The summed E-state index contributed by atoms with van der Waals surface area (Å²) in [5.74, 6) is 0.452.